The number of carbonyl (C=O) groups excluding carboxylic acids is 1. The van der Waals surface area contributed by atoms with E-state index in [4.69, 9.17) is 20.4 Å². The van der Waals surface area contributed by atoms with E-state index in [0.717, 1.165) is 10.2 Å². The van der Waals surface area contributed by atoms with E-state index in [9.17, 15) is 4.79 Å². The molecule has 1 aliphatic heterocycles. The van der Waals surface area contributed by atoms with Crippen LogP contribution in [0.2, 0.25) is 0 Å². The molecule has 4 rings (SSSR count). The van der Waals surface area contributed by atoms with Crippen LogP contribution < -0.4 is 14.3 Å². The zero-order chi connectivity index (χ0) is 17.4. The summed E-state index contributed by atoms with van der Waals surface area (Å²) in [4.78, 5) is 17.0. The standard InChI is InChI=1S/C17H13N3O4S/c1-3-4-20-12-8-13-14(23-6-5-22-13)9-15(12)25-17(20)18-16(21)11-7-10(2)24-19-11/h1,7-9H,4-6H2,2H3. The van der Waals surface area contributed by atoms with Crippen molar-refractivity contribution in [2.45, 2.75) is 13.5 Å². The van der Waals surface area contributed by atoms with Crippen molar-refractivity contribution in [3.8, 4) is 23.8 Å². The van der Waals surface area contributed by atoms with Crippen molar-refractivity contribution in [2.75, 3.05) is 13.2 Å². The number of hydrogen-bond donors (Lipinski definition) is 0. The molecular weight excluding hydrogens is 342 g/mol. The number of benzene rings is 1. The van der Waals surface area contributed by atoms with Gasteiger partial charge in [-0.15, -0.1) is 6.42 Å². The van der Waals surface area contributed by atoms with Crippen molar-refractivity contribution in [1.82, 2.24) is 9.72 Å². The second kappa shape index (κ2) is 6.11. The predicted octanol–water partition coefficient (Wildman–Crippen LogP) is 2.14. The number of thiazole rings is 1. The van der Waals surface area contributed by atoms with Gasteiger partial charge in [0.15, 0.2) is 22.0 Å². The van der Waals surface area contributed by atoms with Crippen molar-refractivity contribution < 1.29 is 18.8 Å². The Morgan fingerprint density at radius 3 is 2.80 bits per heavy atom. The fourth-order valence-corrected chi connectivity index (χ4v) is 3.59. The molecule has 0 atom stereocenters. The third-order valence-electron chi connectivity index (χ3n) is 3.64. The molecule has 0 spiro atoms. The maximum absolute atomic E-state index is 12.3. The minimum absolute atomic E-state index is 0.160. The van der Waals surface area contributed by atoms with Crippen molar-refractivity contribution in [1.29, 1.82) is 0 Å². The molecule has 126 valence electrons. The second-order valence-corrected chi connectivity index (χ2v) is 6.39. The van der Waals surface area contributed by atoms with E-state index >= 15 is 0 Å². The number of carbonyl (C=O) groups is 1. The van der Waals surface area contributed by atoms with Crippen LogP contribution in [-0.2, 0) is 6.54 Å². The normalized spacial score (nSPS) is 13.8. The third-order valence-corrected chi connectivity index (χ3v) is 4.68. The molecule has 7 nitrogen and oxygen atoms in total. The summed E-state index contributed by atoms with van der Waals surface area (Å²) in [7, 11) is 0. The Morgan fingerprint density at radius 1 is 1.36 bits per heavy atom. The van der Waals surface area contributed by atoms with Gasteiger partial charge in [0.1, 0.15) is 19.0 Å². The van der Waals surface area contributed by atoms with Crippen LogP contribution in [0.1, 0.15) is 16.2 Å². The molecule has 0 saturated carbocycles. The number of amides is 1. The topological polar surface area (TPSA) is 78.9 Å². The molecule has 3 aromatic rings. The Kier molecular flexibility index (Phi) is 3.78. The van der Waals surface area contributed by atoms with E-state index in [-0.39, 0.29) is 12.2 Å². The summed E-state index contributed by atoms with van der Waals surface area (Å²) in [6, 6.07) is 5.29. The minimum atomic E-state index is -0.480. The molecule has 2 aromatic heterocycles. The van der Waals surface area contributed by atoms with Crippen LogP contribution in [-0.4, -0.2) is 28.8 Å². The van der Waals surface area contributed by atoms with Gasteiger partial charge in [-0.05, 0) is 6.92 Å². The zero-order valence-corrected chi connectivity index (χ0v) is 14.1. The lowest BCUT2D eigenvalue weighted by atomic mass is 10.2. The van der Waals surface area contributed by atoms with Crippen molar-refractivity contribution in [3.05, 3.63) is 34.5 Å². The first-order valence-corrected chi connectivity index (χ1v) is 8.36. The molecule has 1 aliphatic rings. The Hall–Kier alpha value is -3.05. The van der Waals surface area contributed by atoms with Gasteiger partial charge in [0, 0.05) is 18.2 Å². The number of ether oxygens (including phenoxy) is 2. The Morgan fingerprint density at radius 2 is 2.12 bits per heavy atom. The minimum Gasteiger partial charge on any atom is -0.486 e. The summed E-state index contributed by atoms with van der Waals surface area (Å²) in [5, 5.41) is 3.70. The molecule has 0 aliphatic carbocycles. The van der Waals surface area contributed by atoms with E-state index < -0.39 is 5.91 Å². The van der Waals surface area contributed by atoms with Gasteiger partial charge >= 0.3 is 5.91 Å². The second-order valence-electron chi connectivity index (χ2n) is 5.38. The fraction of sp³-hybridized carbons (Fsp3) is 0.235. The number of hydrogen-bond acceptors (Lipinski definition) is 6. The predicted molar refractivity (Wildman–Crippen MR) is 90.8 cm³/mol. The van der Waals surface area contributed by atoms with Gasteiger partial charge in [-0.3, -0.25) is 4.79 Å². The van der Waals surface area contributed by atoms with Gasteiger partial charge in [0.05, 0.1) is 16.8 Å². The highest BCUT2D eigenvalue weighted by Crippen LogP contribution is 2.35. The van der Waals surface area contributed by atoms with E-state index in [0.29, 0.717) is 35.3 Å². The van der Waals surface area contributed by atoms with Crippen LogP contribution in [0.3, 0.4) is 0 Å². The lowest BCUT2D eigenvalue weighted by molar-refractivity contribution is 0.0989. The smallest absolute Gasteiger partial charge is 0.301 e. The monoisotopic (exact) mass is 355 g/mol. The lowest BCUT2D eigenvalue weighted by Gasteiger charge is -2.18. The Labute approximate surface area is 146 Å². The molecule has 0 radical (unpaired) electrons. The van der Waals surface area contributed by atoms with Gasteiger partial charge in [-0.25, -0.2) is 0 Å². The van der Waals surface area contributed by atoms with Gasteiger partial charge in [0.25, 0.3) is 0 Å². The molecule has 0 unspecified atom stereocenters. The lowest BCUT2D eigenvalue weighted by Crippen LogP contribution is -2.17. The van der Waals surface area contributed by atoms with Crippen LogP contribution >= 0.6 is 11.3 Å². The number of fused-ring (bicyclic) bond motifs is 2. The number of nitrogens with zero attached hydrogens (tertiary/aromatic N) is 3. The summed E-state index contributed by atoms with van der Waals surface area (Å²) in [6.07, 6.45) is 5.49. The maximum Gasteiger partial charge on any atom is 0.301 e. The first-order chi connectivity index (χ1) is 12.2. The highest BCUT2D eigenvalue weighted by Gasteiger charge is 2.17. The number of terminal acetylenes is 1. The summed E-state index contributed by atoms with van der Waals surface area (Å²) < 4.78 is 18.9. The van der Waals surface area contributed by atoms with Crippen LogP contribution in [0.15, 0.2) is 27.7 Å². The Balaban J connectivity index is 1.88. The van der Waals surface area contributed by atoms with E-state index in [1.54, 1.807) is 17.6 Å². The summed E-state index contributed by atoms with van der Waals surface area (Å²) in [6.45, 7) is 3.00. The van der Waals surface area contributed by atoms with E-state index in [2.05, 4.69) is 16.1 Å². The first-order valence-electron chi connectivity index (χ1n) is 7.54. The molecule has 0 fully saturated rings. The fourth-order valence-electron chi connectivity index (χ4n) is 2.55. The van der Waals surface area contributed by atoms with Crippen LogP contribution in [0.4, 0.5) is 0 Å². The molecule has 1 aromatic carbocycles. The van der Waals surface area contributed by atoms with Crippen molar-refractivity contribution >= 4 is 27.5 Å². The largest absolute Gasteiger partial charge is 0.486 e. The summed E-state index contributed by atoms with van der Waals surface area (Å²) in [5.74, 6) is 4.00. The molecule has 0 N–H and O–H groups in total. The molecule has 3 heterocycles. The quantitative estimate of drug-likeness (QED) is 0.658. The first kappa shape index (κ1) is 15.5. The SMILES string of the molecule is C#CCn1c(=NC(=O)c2cc(C)on2)sc2cc3c(cc21)OCCO3. The van der Waals surface area contributed by atoms with Gasteiger partial charge < -0.3 is 18.6 Å². The molecular formula is C17H13N3O4S. The molecule has 0 bridgehead atoms. The molecule has 1 amide bonds. The summed E-state index contributed by atoms with van der Waals surface area (Å²) in [5.41, 5.74) is 1.00. The average molecular weight is 355 g/mol. The molecule has 25 heavy (non-hydrogen) atoms. The van der Waals surface area contributed by atoms with Crippen molar-refractivity contribution in [2.24, 2.45) is 4.99 Å². The zero-order valence-electron chi connectivity index (χ0n) is 13.3. The average Bonchev–Trinajstić information content (AvgIpc) is 3.18. The number of rotatable bonds is 2. The maximum atomic E-state index is 12.3. The number of aryl methyl sites for hydroxylation is 1. The highest BCUT2D eigenvalue weighted by molar-refractivity contribution is 7.16. The third kappa shape index (κ3) is 2.79. The molecule has 8 heteroatoms. The summed E-state index contributed by atoms with van der Waals surface area (Å²) >= 11 is 1.35. The van der Waals surface area contributed by atoms with E-state index in [1.807, 2.05) is 12.1 Å². The Bertz CT molecular complexity index is 1080. The van der Waals surface area contributed by atoms with Gasteiger partial charge in [-0.1, -0.05) is 22.4 Å². The van der Waals surface area contributed by atoms with Gasteiger partial charge in [-0.2, -0.15) is 4.99 Å². The number of aromatic nitrogens is 2. The van der Waals surface area contributed by atoms with Crippen molar-refractivity contribution in [3.63, 3.8) is 0 Å². The van der Waals surface area contributed by atoms with Crippen LogP contribution in [0, 0.1) is 19.3 Å². The van der Waals surface area contributed by atoms with E-state index in [1.165, 1.54) is 11.3 Å². The highest BCUT2D eigenvalue weighted by atomic mass is 32.1. The molecule has 0 saturated heterocycles. The van der Waals surface area contributed by atoms with Crippen LogP contribution in [0.25, 0.3) is 10.2 Å². The van der Waals surface area contributed by atoms with Crippen LogP contribution in [0.5, 0.6) is 11.5 Å². The van der Waals surface area contributed by atoms with Gasteiger partial charge in [0.2, 0.25) is 0 Å².